The second-order valence-electron chi connectivity index (χ2n) is 6.66. The van der Waals surface area contributed by atoms with Crippen LogP contribution in [0.1, 0.15) is 17.3 Å². The molecule has 3 rings (SSSR count). The molecule has 2 aromatic rings. The SMILES string of the molecule is C=CCNC(=NCc1nnc(C)n1C)N1CCN(S(=O)(=O)Cc2ccon2)CC1.I. The first kappa shape index (κ1) is 24.3. The quantitative estimate of drug-likeness (QED) is 0.229. The van der Waals surface area contributed by atoms with Crippen LogP contribution in [-0.4, -0.2) is 76.2 Å². The highest BCUT2D eigenvalue weighted by atomic mass is 127. The van der Waals surface area contributed by atoms with Gasteiger partial charge >= 0.3 is 0 Å². The fraction of sp³-hybridized carbons (Fsp3) is 0.529. The second kappa shape index (κ2) is 10.9. The lowest BCUT2D eigenvalue weighted by Crippen LogP contribution is -2.54. The number of aliphatic imine (C=N–C) groups is 1. The van der Waals surface area contributed by atoms with Crippen LogP contribution in [0.4, 0.5) is 0 Å². The third kappa shape index (κ3) is 6.01. The number of nitrogens with one attached hydrogen (secondary N) is 1. The van der Waals surface area contributed by atoms with Crippen LogP contribution in [0.5, 0.6) is 0 Å². The smallest absolute Gasteiger partial charge is 0.220 e. The van der Waals surface area contributed by atoms with Crippen LogP contribution >= 0.6 is 24.0 Å². The summed E-state index contributed by atoms with van der Waals surface area (Å²) < 4.78 is 33.3. The minimum absolute atomic E-state index is 0. The number of aryl methyl sites for hydroxylation is 1. The van der Waals surface area contributed by atoms with Crippen molar-refractivity contribution in [2.75, 3.05) is 32.7 Å². The predicted octanol–water partition coefficient (Wildman–Crippen LogP) is 0.509. The normalized spacial score (nSPS) is 15.7. The minimum atomic E-state index is -3.44. The first-order valence-electron chi connectivity index (χ1n) is 9.27. The summed E-state index contributed by atoms with van der Waals surface area (Å²) in [6.45, 7) is 8.35. The van der Waals surface area contributed by atoms with Crippen LogP contribution in [-0.2, 0) is 29.4 Å². The van der Waals surface area contributed by atoms with Crippen LogP contribution < -0.4 is 5.32 Å². The van der Waals surface area contributed by atoms with Crippen molar-refractivity contribution in [2.45, 2.75) is 19.2 Å². The van der Waals surface area contributed by atoms with E-state index in [1.807, 2.05) is 23.4 Å². The molecule has 1 fully saturated rings. The Kier molecular flexibility index (Phi) is 8.78. The molecule has 30 heavy (non-hydrogen) atoms. The standard InChI is InChI=1S/C17H26N8O3S.HI/c1-4-6-18-17(19-12-16-21-20-14(2)23(16)3)24-7-9-25(10-8-24)29(26,27)13-15-5-11-28-22-15;/h4-5,11H,1,6-10,12-13H2,2-3H3,(H,18,19);1H. The molecular formula is C17H27IN8O3S. The van der Waals surface area contributed by atoms with E-state index in [9.17, 15) is 8.42 Å². The molecule has 0 amide bonds. The molecule has 0 bridgehead atoms. The summed E-state index contributed by atoms with van der Waals surface area (Å²) >= 11 is 0. The number of piperazine rings is 1. The minimum Gasteiger partial charge on any atom is -0.364 e. The summed E-state index contributed by atoms with van der Waals surface area (Å²) in [6.07, 6.45) is 3.12. The van der Waals surface area contributed by atoms with Crippen molar-refractivity contribution in [3.63, 3.8) is 0 Å². The molecule has 0 radical (unpaired) electrons. The number of sulfonamides is 1. The summed E-state index contributed by atoms with van der Waals surface area (Å²) in [5, 5.41) is 15.1. The van der Waals surface area contributed by atoms with Gasteiger partial charge in [-0.1, -0.05) is 11.2 Å². The second-order valence-corrected chi connectivity index (χ2v) is 8.63. The first-order chi connectivity index (χ1) is 13.9. The van der Waals surface area contributed by atoms with E-state index in [1.54, 1.807) is 12.1 Å². The molecule has 0 saturated carbocycles. The zero-order chi connectivity index (χ0) is 20.9. The molecule has 1 aliphatic heterocycles. The Morgan fingerprint density at radius 1 is 1.33 bits per heavy atom. The summed E-state index contributed by atoms with van der Waals surface area (Å²) in [6, 6.07) is 1.56. The van der Waals surface area contributed by atoms with Crippen LogP contribution in [0.3, 0.4) is 0 Å². The van der Waals surface area contributed by atoms with E-state index in [0.717, 1.165) is 11.6 Å². The van der Waals surface area contributed by atoms with Crippen LogP contribution in [0.2, 0.25) is 0 Å². The monoisotopic (exact) mass is 550 g/mol. The molecule has 0 aromatic carbocycles. The van der Waals surface area contributed by atoms with E-state index in [0.29, 0.717) is 50.9 Å². The molecular weight excluding hydrogens is 523 g/mol. The average Bonchev–Trinajstić information content (AvgIpc) is 3.32. The fourth-order valence-corrected chi connectivity index (χ4v) is 4.36. The number of rotatable bonds is 7. The third-order valence-corrected chi connectivity index (χ3v) is 6.52. The molecule has 13 heteroatoms. The summed E-state index contributed by atoms with van der Waals surface area (Å²) in [5.74, 6) is 2.11. The van der Waals surface area contributed by atoms with E-state index in [-0.39, 0.29) is 29.7 Å². The van der Waals surface area contributed by atoms with E-state index in [2.05, 4.69) is 32.2 Å². The van der Waals surface area contributed by atoms with Gasteiger partial charge in [-0.25, -0.2) is 13.4 Å². The third-order valence-electron chi connectivity index (χ3n) is 4.71. The van der Waals surface area contributed by atoms with E-state index >= 15 is 0 Å². The van der Waals surface area contributed by atoms with Gasteiger partial charge in [0.05, 0.1) is 5.69 Å². The molecule has 1 saturated heterocycles. The molecule has 0 unspecified atom stereocenters. The fourth-order valence-electron chi connectivity index (χ4n) is 2.93. The lowest BCUT2D eigenvalue weighted by Gasteiger charge is -2.35. The average molecular weight is 550 g/mol. The highest BCUT2D eigenvalue weighted by Gasteiger charge is 2.29. The molecule has 1 aliphatic rings. The Labute approximate surface area is 193 Å². The van der Waals surface area contributed by atoms with Gasteiger partial charge in [-0.15, -0.1) is 40.8 Å². The van der Waals surface area contributed by atoms with Gasteiger partial charge in [0.2, 0.25) is 10.0 Å². The molecule has 3 heterocycles. The van der Waals surface area contributed by atoms with Crippen molar-refractivity contribution in [2.24, 2.45) is 12.0 Å². The van der Waals surface area contributed by atoms with E-state index < -0.39 is 10.0 Å². The Balaban J connectivity index is 0.00000320. The summed E-state index contributed by atoms with van der Waals surface area (Å²) in [4.78, 5) is 6.68. The van der Waals surface area contributed by atoms with E-state index in [4.69, 9.17) is 4.52 Å². The van der Waals surface area contributed by atoms with Crippen molar-refractivity contribution >= 4 is 40.0 Å². The van der Waals surface area contributed by atoms with Gasteiger partial charge in [-0.3, -0.25) is 0 Å². The zero-order valence-corrected chi connectivity index (χ0v) is 20.2. The van der Waals surface area contributed by atoms with Gasteiger partial charge in [0.1, 0.15) is 24.4 Å². The van der Waals surface area contributed by atoms with Crippen LogP contribution in [0.15, 0.2) is 34.5 Å². The highest BCUT2D eigenvalue weighted by Crippen LogP contribution is 2.13. The maximum absolute atomic E-state index is 12.6. The molecule has 1 N–H and O–H groups in total. The van der Waals surface area contributed by atoms with Crippen LogP contribution in [0, 0.1) is 6.92 Å². The Morgan fingerprint density at radius 2 is 2.07 bits per heavy atom. The topological polar surface area (TPSA) is 122 Å². The lowest BCUT2D eigenvalue weighted by molar-refractivity contribution is 0.260. The van der Waals surface area contributed by atoms with Gasteiger partial charge in [-0.2, -0.15) is 4.31 Å². The van der Waals surface area contributed by atoms with Crippen molar-refractivity contribution in [1.29, 1.82) is 0 Å². The van der Waals surface area contributed by atoms with Crippen molar-refractivity contribution in [3.05, 3.63) is 42.3 Å². The molecule has 11 nitrogen and oxygen atoms in total. The highest BCUT2D eigenvalue weighted by molar-refractivity contribution is 14.0. The van der Waals surface area contributed by atoms with Gasteiger partial charge in [0, 0.05) is 45.8 Å². The van der Waals surface area contributed by atoms with Gasteiger partial charge in [-0.05, 0) is 6.92 Å². The Bertz CT molecular complexity index is 950. The molecule has 0 aliphatic carbocycles. The number of nitrogens with zero attached hydrogens (tertiary/aromatic N) is 7. The number of hydrogen-bond donors (Lipinski definition) is 1. The van der Waals surface area contributed by atoms with Gasteiger partial charge in [0.15, 0.2) is 11.8 Å². The van der Waals surface area contributed by atoms with Gasteiger partial charge < -0.3 is 19.3 Å². The largest absolute Gasteiger partial charge is 0.364 e. The van der Waals surface area contributed by atoms with Crippen LogP contribution in [0.25, 0.3) is 0 Å². The van der Waals surface area contributed by atoms with Crippen molar-refractivity contribution < 1.29 is 12.9 Å². The number of hydrogen-bond acceptors (Lipinski definition) is 7. The van der Waals surface area contributed by atoms with Crippen molar-refractivity contribution in [1.82, 2.24) is 34.4 Å². The number of halogens is 1. The maximum Gasteiger partial charge on any atom is 0.220 e. The lowest BCUT2D eigenvalue weighted by atomic mass is 10.4. The van der Waals surface area contributed by atoms with E-state index in [1.165, 1.54) is 10.6 Å². The first-order valence-corrected chi connectivity index (χ1v) is 10.9. The Morgan fingerprint density at radius 3 is 2.63 bits per heavy atom. The predicted molar refractivity (Wildman–Crippen MR) is 123 cm³/mol. The Hall–Kier alpha value is -2.00. The number of guanidine groups is 1. The molecule has 2 aromatic heterocycles. The van der Waals surface area contributed by atoms with Gasteiger partial charge in [0.25, 0.3) is 0 Å². The molecule has 0 atom stereocenters. The van der Waals surface area contributed by atoms with Crippen molar-refractivity contribution in [3.8, 4) is 0 Å². The summed E-state index contributed by atoms with van der Waals surface area (Å²) in [5.41, 5.74) is 0.404. The maximum atomic E-state index is 12.6. The number of aromatic nitrogens is 4. The molecule has 166 valence electrons. The zero-order valence-electron chi connectivity index (χ0n) is 17.1. The summed E-state index contributed by atoms with van der Waals surface area (Å²) in [7, 11) is -1.55. The molecule has 0 spiro atoms.